The Morgan fingerprint density at radius 3 is 2.72 bits per heavy atom. The standard InChI is InChI=1S/C13H17INO3/c1-4-18-12(16)9-15(3)13(17)10-6-5-7-11(8-10)14-2/h5-8H,4,9H2,1-3H3/q-1. The van der Waals surface area contributed by atoms with E-state index in [4.69, 9.17) is 4.74 Å². The Morgan fingerprint density at radius 1 is 1.39 bits per heavy atom. The van der Waals surface area contributed by atoms with Gasteiger partial charge in [0.15, 0.2) is 0 Å². The van der Waals surface area contributed by atoms with Gasteiger partial charge in [0.1, 0.15) is 0 Å². The van der Waals surface area contributed by atoms with Crippen molar-refractivity contribution in [1.82, 2.24) is 4.90 Å². The number of amides is 1. The van der Waals surface area contributed by atoms with Crippen molar-refractivity contribution in [1.29, 1.82) is 0 Å². The summed E-state index contributed by atoms with van der Waals surface area (Å²) >= 11 is -0.0385. The molecule has 0 aromatic heterocycles. The van der Waals surface area contributed by atoms with Crippen LogP contribution < -0.4 is 21.2 Å². The van der Waals surface area contributed by atoms with Crippen LogP contribution in [0, 0.1) is 3.57 Å². The summed E-state index contributed by atoms with van der Waals surface area (Å²) in [5.74, 6) is -0.533. The first-order valence-electron chi connectivity index (χ1n) is 5.59. The molecule has 1 amide bonds. The van der Waals surface area contributed by atoms with Gasteiger partial charge in [-0.25, -0.2) is 0 Å². The fourth-order valence-electron chi connectivity index (χ4n) is 1.43. The SMILES string of the molecule is CCOC(=O)CN(C)C(=O)c1cccc([I-]C)c1. The molecule has 0 aliphatic carbocycles. The molecule has 0 aliphatic rings. The molecular weight excluding hydrogens is 345 g/mol. The molecule has 0 spiro atoms. The molecule has 1 rings (SSSR count). The van der Waals surface area contributed by atoms with E-state index in [2.05, 4.69) is 4.93 Å². The molecule has 0 atom stereocenters. The molecule has 100 valence electrons. The van der Waals surface area contributed by atoms with Crippen LogP contribution in [-0.2, 0) is 9.53 Å². The molecule has 0 N–H and O–H groups in total. The van der Waals surface area contributed by atoms with E-state index in [-0.39, 0.29) is 39.6 Å². The third kappa shape index (κ3) is 4.29. The van der Waals surface area contributed by atoms with Crippen molar-refractivity contribution in [3.8, 4) is 0 Å². The molecule has 0 heterocycles. The molecule has 4 nitrogen and oxygen atoms in total. The maximum atomic E-state index is 12.1. The van der Waals surface area contributed by atoms with E-state index in [1.807, 2.05) is 18.2 Å². The van der Waals surface area contributed by atoms with Crippen molar-refractivity contribution in [2.75, 3.05) is 25.1 Å². The van der Waals surface area contributed by atoms with E-state index in [0.717, 1.165) is 0 Å². The van der Waals surface area contributed by atoms with E-state index < -0.39 is 0 Å². The molecule has 0 saturated carbocycles. The Labute approximate surface area is 118 Å². The van der Waals surface area contributed by atoms with Crippen LogP contribution in [0.25, 0.3) is 0 Å². The zero-order valence-corrected chi connectivity index (χ0v) is 12.9. The number of likely N-dealkylation sites (N-methyl/N-ethyl adjacent to an activating group) is 1. The minimum absolute atomic E-state index is 0.0158. The van der Waals surface area contributed by atoms with Crippen LogP contribution in [0.1, 0.15) is 17.3 Å². The van der Waals surface area contributed by atoms with Crippen molar-refractivity contribution in [2.45, 2.75) is 6.92 Å². The normalized spacial score (nSPS) is 10.2. The fraction of sp³-hybridized carbons (Fsp3) is 0.385. The van der Waals surface area contributed by atoms with Gasteiger partial charge in [0.2, 0.25) is 0 Å². The molecule has 5 heteroatoms. The van der Waals surface area contributed by atoms with Gasteiger partial charge in [0.25, 0.3) is 0 Å². The molecule has 18 heavy (non-hydrogen) atoms. The van der Waals surface area contributed by atoms with Gasteiger partial charge in [-0.1, -0.05) is 0 Å². The van der Waals surface area contributed by atoms with Gasteiger partial charge in [0.05, 0.1) is 0 Å². The summed E-state index contributed by atoms with van der Waals surface area (Å²) < 4.78 is 6.03. The Balaban J connectivity index is 2.70. The summed E-state index contributed by atoms with van der Waals surface area (Å²) in [6.45, 7) is 2.06. The quantitative estimate of drug-likeness (QED) is 0.353. The van der Waals surface area contributed by atoms with Gasteiger partial charge >= 0.3 is 118 Å². The van der Waals surface area contributed by atoms with Crippen LogP contribution in [0.3, 0.4) is 0 Å². The number of rotatable bonds is 5. The van der Waals surface area contributed by atoms with E-state index in [1.54, 1.807) is 20.0 Å². The second-order valence-corrected chi connectivity index (χ2v) is 5.99. The summed E-state index contributed by atoms with van der Waals surface area (Å²) in [6, 6.07) is 7.57. The molecule has 0 aliphatic heterocycles. The van der Waals surface area contributed by atoms with E-state index >= 15 is 0 Å². The molecule has 0 fully saturated rings. The first-order valence-corrected chi connectivity index (χ1v) is 8.82. The Morgan fingerprint density at radius 2 is 2.11 bits per heavy atom. The first kappa shape index (κ1) is 14.9. The minimum atomic E-state index is -0.382. The number of esters is 1. The van der Waals surface area contributed by atoms with Gasteiger partial charge in [-0.05, 0) is 0 Å². The summed E-state index contributed by atoms with van der Waals surface area (Å²) in [6.07, 6.45) is 0. The number of nitrogens with zero attached hydrogens (tertiary/aromatic N) is 1. The van der Waals surface area contributed by atoms with Crippen molar-refractivity contribution >= 4 is 11.9 Å². The number of carbonyl (C=O) groups excluding carboxylic acids is 2. The number of ether oxygens (including phenoxy) is 1. The van der Waals surface area contributed by atoms with Crippen LogP contribution in [0.15, 0.2) is 24.3 Å². The zero-order valence-electron chi connectivity index (χ0n) is 10.8. The average molecular weight is 362 g/mol. The van der Waals surface area contributed by atoms with Gasteiger partial charge < -0.3 is 0 Å². The zero-order chi connectivity index (χ0) is 13.5. The monoisotopic (exact) mass is 362 g/mol. The van der Waals surface area contributed by atoms with Crippen molar-refractivity contribution < 1.29 is 35.5 Å². The van der Waals surface area contributed by atoms with Crippen molar-refractivity contribution in [2.24, 2.45) is 0 Å². The number of benzene rings is 1. The molecular formula is C13H17INO3-. The average Bonchev–Trinajstić information content (AvgIpc) is 2.38. The second kappa shape index (κ2) is 7.35. The van der Waals surface area contributed by atoms with Gasteiger partial charge in [-0.2, -0.15) is 0 Å². The predicted molar refractivity (Wildman–Crippen MR) is 64.7 cm³/mol. The predicted octanol–water partition coefficient (Wildman–Crippen LogP) is -1.79. The van der Waals surface area contributed by atoms with Crippen LogP contribution in [0.2, 0.25) is 0 Å². The number of hydrogen-bond donors (Lipinski definition) is 0. The van der Waals surface area contributed by atoms with Gasteiger partial charge in [-0.3, -0.25) is 0 Å². The van der Waals surface area contributed by atoms with E-state index in [9.17, 15) is 9.59 Å². The van der Waals surface area contributed by atoms with Crippen LogP contribution >= 0.6 is 0 Å². The molecule has 0 radical (unpaired) electrons. The summed E-state index contributed by atoms with van der Waals surface area (Å²) in [5, 5.41) is 0. The van der Waals surface area contributed by atoms with Crippen LogP contribution in [-0.4, -0.2) is 41.9 Å². The Bertz CT molecular complexity index is 434. The molecule has 0 saturated heterocycles. The summed E-state index contributed by atoms with van der Waals surface area (Å²) in [4.78, 5) is 26.9. The fourth-order valence-corrected chi connectivity index (χ4v) is 2.65. The first-order chi connectivity index (χ1) is 8.58. The summed E-state index contributed by atoms with van der Waals surface area (Å²) in [5.41, 5.74) is 0.626. The third-order valence-corrected chi connectivity index (χ3v) is 4.22. The Hall–Kier alpha value is -1.11. The van der Waals surface area contributed by atoms with Crippen LogP contribution in [0.4, 0.5) is 0 Å². The van der Waals surface area contributed by atoms with Crippen molar-refractivity contribution in [3.63, 3.8) is 0 Å². The Kier molecular flexibility index (Phi) is 6.11. The second-order valence-electron chi connectivity index (χ2n) is 3.67. The van der Waals surface area contributed by atoms with Crippen LogP contribution in [0.5, 0.6) is 0 Å². The van der Waals surface area contributed by atoms with Gasteiger partial charge in [0, 0.05) is 0 Å². The maximum absolute atomic E-state index is 12.1. The number of alkyl halides is 1. The summed E-state index contributed by atoms with van der Waals surface area (Å²) in [7, 11) is 1.60. The molecule has 1 aromatic carbocycles. The van der Waals surface area contributed by atoms with E-state index in [1.165, 1.54) is 8.47 Å². The molecule has 0 bridgehead atoms. The number of halogens is 1. The topological polar surface area (TPSA) is 46.6 Å². The third-order valence-electron chi connectivity index (χ3n) is 2.31. The number of carbonyl (C=O) groups is 2. The van der Waals surface area contributed by atoms with E-state index in [0.29, 0.717) is 12.2 Å². The van der Waals surface area contributed by atoms with Crippen molar-refractivity contribution in [3.05, 3.63) is 33.4 Å². The van der Waals surface area contributed by atoms with Gasteiger partial charge in [-0.15, -0.1) is 0 Å². The molecule has 0 unspecified atom stereocenters. The number of hydrogen-bond acceptors (Lipinski definition) is 3. The molecule has 1 aromatic rings.